The second-order valence-corrected chi connectivity index (χ2v) is 8.97. The van der Waals surface area contributed by atoms with E-state index in [1.54, 1.807) is 0 Å². The Labute approximate surface area is 189 Å². The molecule has 1 amide bonds. The lowest BCUT2D eigenvalue weighted by Gasteiger charge is -2.54. The minimum atomic E-state index is -4.74. The van der Waals surface area contributed by atoms with Crippen LogP contribution in [0.25, 0.3) is 0 Å². The van der Waals surface area contributed by atoms with Crippen molar-refractivity contribution in [2.75, 3.05) is 25.1 Å². The number of rotatable bonds is 6. The monoisotopic (exact) mass is 462 g/mol. The van der Waals surface area contributed by atoms with Gasteiger partial charge in [0.25, 0.3) is 5.91 Å². The quantitative estimate of drug-likeness (QED) is 0.692. The molecular weight excluding hydrogens is 437 g/mol. The maximum absolute atomic E-state index is 12.9. The molecular formula is C23H25F3N4O3. The van der Waals surface area contributed by atoms with Crippen LogP contribution in [0.1, 0.15) is 59.5 Å². The van der Waals surface area contributed by atoms with Crippen molar-refractivity contribution in [3.8, 4) is 5.75 Å². The molecule has 0 radical (unpaired) electrons. The van der Waals surface area contributed by atoms with Gasteiger partial charge in [0.05, 0.1) is 17.7 Å². The number of carbonyl (C=O) groups is 1. The number of ether oxygens (including phenoxy) is 2. The van der Waals surface area contributed by atoms with Gasteiger partial charge in [-0.2, -0.15) is 0 Å². The number of amides is 1. The lowest BCUT2D eigenvalue weighted by atomic mass is 9.79. The first kappa shape index (κ1) is 21.9. The summed E-state index contributed by atoms with van der Waals surface area (Å²) >= 11 is 0. The first-order valence-corrected chi connectivity index (χ1v) is 11.2. The van der Waals surface area contributed by atoms with Gasteiger partial charge in [-0.05, 0) is 61.3 Å². The Hall–Kier alpha value is -2.88. The molecule has 33 heavy (non-hydrogen) atoms. The molecule has 5 rings (SSSR count). The lowest BCUT2D eigenvalue weighted by Crippen LogP contribution is -2.65. The molecule has 0 bridgehead atoms. The number of nitrogens with one attached hydrogen (secondary N) is 1. The average Bonchev–Trinajstić information content (AvgIpc) is 3.62. The topological polar surface area (TPSA) is 76.6 Å². The highest BCUT2D eigenvalue weighted by atomic mass is 19.4. The molecule has 1 aromatic heterocycles. The minimum Gasteiger partial charge on any atom is -0.406 e. The van der Waals surface area contributed by atoms with Crippen molar-refractivity contribution < 1.29 is 27.4 Å². The van der Waals surface area contributed by atoms with Crippen LogP contribution in [0.2, 0.25) is 0 Å². The van der Waals surface area contributed by atoms with Crippen LogP contribution in [0.3, 0.4) is 0 Å². The highest BCUT2D eigenvalue weighted by Gasteiger charge is 2.48. The fourth-order valence-electron chi connectivity index (χ4n) is 4.60. The van der Waals surface area contributed by atoms with E-state index in [1.165, 1.54) is 24.5 Å². The number of anilines is 1. The van der Waals surface area contributed by atoms with E-state index in [1.807, 2.05) is 11.0 Å². The number of halogens is 3. The molecule has 1 aromatic carbocycles. The molecule has 10 heteroatoms. The first-order valence-electron chi connectivity index (χ1n) is 11.2. The van der Waals surface area contributed by atoms with Crippen LogP contribution in [0.15, 0.2) is 30.6 Å². The Kier molecular flexibility index (Phi) is 5.64. The molecule has 1 spiro atoms. The summed E-state index contributed by atoms with van der Waals surface area (Å²) in [4.78, 5) is 23.2. The normalized spacial score (nSPS) is 22.7. The molecule has 1 saturated carbocycles. The molecule has 0 unspecified atom stereocenters. The summed E-state index contributed by atoms with van der Waals surface area (Å²) < 4.78 is 47.8. The predicted octanol–water partition coefficient (Wildman–Crippen LogP) is 4.26. The van der Waals surface area contributed by atoms with Gasteiger partial charge < -0.3 is 19.7 Å². The van der Waals surface area contributed by atoms with Crippen molar-refractivity contribution in [1.29, 1.82) is 0 Å². The zero-order chi connectivity index (χ0) is 23.1. The summed E-state index contributed by atoms with van der Waals surface area (Å²) in [5.41, 5.74) is 1.68. The molecule has 3 fully saturated rings. The van der Waals surface area contributed by atoms with E-state index >= 15 is 0 Å². The highest BCUT2D eigenvalue weighted by Crippen LogP contribution is 2.42. The van der Waals surface area contributed by atoms with Gasteiger partial charge in [-0.25, -0.2) is 9.97 Å². The van der Waals surface area contributed by atoms with E-state index in [2.05, 4.69) is 20.0 Å². The summed E-state index contributed by atoms with van der Waals surface area (Å²) in [5.74, 6) is 0.243. The van der Waals surface area contributed by atoms with Gasteiger partial charge in [0.15, 0.2) is 0 Å². The Bertz CT molecular complexity index is 1020. The molecule has 2 aromatic rings. The maximum atomic E-state index is 12.9. The van der Waals surface area contributed by atoms with Crippen LogP contribution in [0.4, 0.5) is 19.1 Å². The molecule has 1 aliphatic carbocycles. The van der Waals surface area contributed by atoms with E-state index < -0.39 is 6.36 Å². The second kappa shape index (κ2) is 8.48. The predicted molar refractivity (Wildman–Crippen MR) is 113 cm³/mol. The van der Waals surface area contributed by atoms with Crippen molar-refractivity contribution in [3.05, 3.63) is 47.3 Å². The van der Waals surface area contributed by atoms with Gasteiger partial charge in [-0.15, -0.1) is 13.2 Å². The molecule has 3 aliphatic rings. The molecule has 2 saturated heterocycles. The Morgan fingerprint density at radius 3 is 2.61 bits per heavy atom. The minimum absolute atomic E-state index is 0.107. The fourth-order valence-corrected chi connectivity index (χ4v) is 4.60. The molecule has 3 heterocycles. The van der Waals surface area contributed by atoms with E-state index in [-0.39, 0.29) is 29.7 Å². The summed E-state index contributed by atoms with van der Waals surface area (Å²) in [6.45, 7) is 2.23. The van der Waals surface area contributed by atoms with E-state index in [4.69, 9.17) is 4.74 Å². The summed E-state index contributed by atoms with van der Waals surface area (Å²) in [5, 5.41) is 3.01. The van der Waals surface area contributed by atoms with Crippen molar-refractivity contribution in [2.24, 2.45) is 0 Å². The van der Waals surface area contributed by atoms with Crippen molar-refractivity contribution >= 4 is 11.9 Å². The average molecular weight is 462 g/mol. The van der Waals surface area contributed by atoms with Crippen LogP contribution in [0, 0.1) is 0 Å². The van der Waals surface area contributed by atoms with Crippen molar-refractivity contribution in [3.63, 3.8) is 0 Å². The van der Waals surface area contributed by atoms with Gasteiger partial charge >= 0.3 is 6.36 Å². The number of likely N-dealkylation sites (tertiary alicyclic amines) is 1. The fraction of sp³-hybridized carbons (Fsp3) is 0.522. The zero-order valence-corrected chi connectivity index (χ0v) is 18.0. The van der Waals surface area contributed by atoms with Crippen molar-refractivity contribution in [2.45, 2.75) is 56.5 Å². The number of benzene rings is 1. The number of nitrogens with zero attached hydrogens (tertiary/aromatic N) is 3. The zero-order valence-electron chi connectivity index (χ0n) is 18.0. The molecule has 176 valence electrons. The van der Waals surface area contributed by atoms with E-state index in [0.717, 1.165) is 44.3 Å². The number of carbonyl (C=O) groups excluding carboxylic acids is 1. The summed E-state index contributed by atoms with van der Waals surface area (Å²) in [6.07, 6.45) is 2.98. The number of hydrogen-bond acceptors (Lipinski definition) is 6. The van der Waals surface area contributed by atoms with Gasteiger partial charge in [-0.3, -0.25) is 4.79 Å². The third kappa shape index (κ3) is 4.90. The van der Waals surface area contributed by atoms with Gasteiger partial charge in [0.1, 0.15) is 5.75 Å². The Morgan fingerprint density at radius 1 is 1.21 bits per heavy atom. The van der Waals surface area contributed by atoms with Crippen LogP contribution in [-0.4, -0.2) is 52.4 Å². The largest absolute Gasteiger partial charge is 0.573 e. The van der Waals surface area contributed by atoms with Gasteiger partial charge in [-0.1, -0.05) is 6.07 Å². The summed E-state index contributed by atoms with van der Waals surface area (Å²) in [7, 11) is 0. The molecule has 7 nitrogen and oxygen atoms in total. The van der Waals surface area contributed by atoms with Crippen LogP contribution in [-0.2, 0) is 11.3 Å². The third-order valence-corrected chi connectivity index (χ3v) is 6.54. The number of aromatic nitrogens is 2. The van der Waals surface area contributed by atoms with Crippen molar-refractivity contribution in [1.82, 2.24) is 14.9 Å². The van der Waals surface area contributed by atoms with E-state index in [0.29, 0.717) is 30.2 Å². The maximum Gasteiger partial charge on any atom is 0.573 e. The molecule has 2 aliphatic heterocycles. The Morgan fingerprint density at radius 2 is 2.00 bits per heavy atom. The number of hydrogen-bond donors (Lipinski definition) is 1. The SMILES string of the molecule is O=C(c1cnc(NCc2cc(OC(F)(F)F)cc(C3CC3)c2)nc1)N1CC[C@]12CCCOC2. The number of alkyl halides is 3. The summed E-state index contributed by atoms with van der Waals surface area (Å²) in [6, 6.07) is 4.69. The molecule has 1 N–H and O–H groups in total. The van der Waals surface area contributed by atoms with Gasteiger partial charge in [0.2, 0.25) is 5.95 Å². The van der Waals surface area contributed by atoms with Crippen LogP contribution >= 0.6 is 0 Å². The second-order valence-electron chi connectivity index (χ2n) is 8.97. The first-order chi connectivity index (χ1) is 15.8. The van der Waals surface area contributed by atoms with E-state index in [9.17, 15) is 18.0 Å². The standard InChI is InChI=1S/C23H25F3N4O3/c24-23(25,26)33-19-9-15(8-17(10-19)16-2-3-16)11-27-21-28-12-18(13-29-21)20(31)30-6-5-22(30)4-1-7-32-14-22/h8-10,12-13,16H,1-7,11,14H2,(H,27,28,29)/t22-/m0/s1. The molecule has 1 atom stereocenters. The van der Waals surface area contributed by atoms with Crippen LogP contribution in [0.5, 0.6) is 5.75 Å². The van der Waals surface area contributed by atoms with Crippen LogP contribution < -0.4 is 10.1 Å². The smallest absolute Gasteiger partial charge is 0.406 e. The van der Waals surface area contributed by atoms with Gasteiger partial charge in [0, 0.05) is 32.1 Å². The lowest BCUT2D eigenvalue weighted by molar-refractivity contribution is -0.274. The Balaban J connectivity index is 1.23. The highest BCUT2D eigenvalue weighted by molar-refractivity contribution is 5.94. The third-order valence-electron chi connectivity index (χ3n) is 6.54.